The minimum atomic E-state index is -3.09. The number of methoxy groups -OCH3 is 1. The molecule has 0 bridgehead atoms. The van der Waals surface area contributed by atoms with E-state index in [4.69, 9.17) is 4.74 Å². The molecule has 1 aliphatic heterocycles. The molecule has 0 atom stereocenters. The van der Waals surface area contributed by atoms with Crippen LogP contribution in [0.15, 0.2) is 30.3 Å². The van der Waals surface area contributed by atoms with Crippen molar-refractivity contribution in [3.05, 3.63) is 35.9 Å². The summed E-state index contributed by atoms with van der Waals surface area (Å²) >= 11 is 0. The van der Waals surface area contributed by atoms with Gasteiger partial charge >= 0.3 is 0 Å². The first kappa shape index (κ1) is 18.0. The summed E-state index contributed by atoms with van der Waals surface area (Å²) in [5.41, 5.74) is 1.14. The van der Waals surface area contributed by atoms with Gasteiger partial charge in [0.15, 0.2) is 0 Å². The van der Waals surface area contributed by atoms with Gasteiger partial charge in [-0.1, -0.05) is 24.3 Å². The highest BCUT2D eigenvalue weighted by molar-refractivity contribution is 7.88. The molecule has 1 saturated heterocycles. The monoisotopic (exact) mass is 338 g/mol. The van der Waals surface area contributed by atoms with Crippen molar-refractivity contribution in [2.45, 2.75) is 25.3 Å². The van der Waals surface area contributed by atoms with Gasteiger partial charge in [-0.15, -0.1) is 0 Å². The van der Waals surface area contributed by atoms with Crippen LogP contribution in [0.4, 0.5) is 0 Å². The van der Waals surface area contributed by atoms with Gasteiger partial charge in [0, 0.05) is 12.6 Å². The molecule has 128 valence electrons. The summed E-state index contributed by atoms with van der Waals surface area (Å²) in [6.07, 6.45) is 8.26. The lowest BCUT2D eigenvalue weighted by molar-refractivity contribution is 0.211. The van der Waals surface area contributed by atoms with Gasteiger partial charge in [0.2, 0.25) is 10.0 Å². The summed E-state index contributed by atoms with van der Waals surface area (Å²) in [6.45, 7) is 2.90. The Bertz CT molecular complexity index is 620. The number of benzene rings is 1. The molecule has 0 aliphatic carbocycles. The van der Waals surface area contributed by atoms with Gasteiger partial charge in [-0.05, 0) is 50.0 Å². The Morgan fingerprint density at radius 1 is 1.35 bits per heavy atom. The third-order valence-electron chi connectivity index (χ3n) is 3.98. The van der Waals surface area contributed by atoms with Crippen molar-refractivity contribution in [2.75, 3.05) is 33.0 Å². The van der Waals surface area contributed by atoms with Gasteiger partial charge in [0.05, 0.1) is 13.4 Å². The van der Waals surface area contributed by atoms with Crippen LogP contribution >= 0.6 is 0 Å². The van der Waals surface area contributed by atoms with E-state index in [2.05, 4.69) is 27.8 Å². The molecule has 1 fully saturated rings. The van der Waals surface area contributed by atoms with Gasteiger partial charge in [-0.25, -0.2) is 13.1 Å². The Labute approximate surface area is 139 Å². The van der Waals surface area contributed by atoms with Crippen LogP contribution in [-0.2, 0) is 10.0 Å². The molecule has 23 heavy (non-hydrogen) atoms. The highest BCUT2D eigenvalue weighted by Crippen LogP contribution is 2.15. The molecular weight excluding hydrogens is 312 g/mol. The maximum atomic E-state index is 11.2. The van der Waals surface area contributed by atoms with E-state index in [1.165, 1.54) is 6.26 Å². The predicted octanol–water partition coefficient (Wildman–Crippen LogP) is 2.11. The van der Waals surface area contributed by atoms with Gasteiger partial charge in [0.25, 0.3) is 0 Å². The van der Waals surface area contributed by atoms with Crippen molar-refractivity contribution >= 4 is 16.1 Å². The zero-order valence-corrected chi connectivity index (χ0v) is 14.7. The minimum Gasteiger partial charge on any atom is -0.497 e. The Kier molecular flexibility index (Phi) is 6.62. The van der Waals surface area contributed by atoms with E-state index in [-0.39, 0.29) is 6.04 Å². The number of hydrogen-bond acceptors (Lipinski definition) is 4. The summed E-state index contributed by atoms with van der Waals surface area (Å²) < 4.78 is 30.4. The molecule has 1 N–H and O–H groups in total. The van der Waals surface area contributed by atoms with Crippen LogP contribution < -0.4 is 9.46 Å². The van der Waals surface area contributed by atoms with Gasteiger partial charge in [-0.3, -0.25) is 0 Å². The highest BCUT2D eigenvalue weighted by Gasteiger charge is 2.20. The summed E-state index contributed by atoms with van der Waals surface area (Å²) in [5.74, 6) is 0.868. The van der Waals surface area contributed by atoms with E-state index in [1.54, 1.807) is 7.11 Å². The molecule has 2 rings (SSSR count). The highest BCUT2D eigenvalue weighted by atomic mass is 32.2. The van der Waals surface area contributed by atoms with Crippen LogP contribution in [0.2, 0.25) is 0 Å². The maximum Gasteiger partial charge on any atom is 0.208 e. The number of nitrogens with one attached hydrogen (secondary N) is 1. The zero-order chi connectivity index (χ0) is 16.7. The standard InChI is InChI=1S/C17H26N2O3S/c1-22-17-8-5-7-15(14-17)6-3-4-11-19-12-9-16(10-13-19)18-23(2,20)21/h3,5-8,14,16,18H,4,9-13H2,1-2H3/b6-3+. The van der Waals surface area contributed by atoms with Crippen molar-refractivity contribution in [1.82, 2.24) is 9.62 Å². The largest absolute Gasteiger partial charge is 0.497 e. The number of piperidine rings is 1. The third-order valence-corrected chi connectivity index (χ3v) is 4.75. The van der Waals surface area contributed by atoms with Crippen LogP contribution in [-0.4, -0.2) is 52.4 Å². The van der Waals surface area contributed by atoms with Gasteiger partial charge in [0.1, 0.15) is 5.75 Å². The molecule has 5 nitrogen and oxygen atoms in total. The fraction of sp³-hybridized carbons (Fsp3) is 0.529. The number of rotatable bonds is 7. The molecule has 0 radical (unpaired) electrons. The van der Waals surface area contributed by atoms with E-state index in [9.17, 15) is 8.42 Å². The Hall–Kier alpha value is -1.37. The lowest BCUT2D eigenvalue weighted by atomic mass is 10.1. The second kappa shape index (κ2) is 8.47. The summed E-state index contributed by atoms with van der Waals surface area (Å²) in [5, 5.41) is 0. The lowest BCUT2D eigenvalue weighted by Gasteiger charge is -2.31. The topological polar surface area (TPSA) is 58.6 Å². The molecule has 0 aromatic heterocycles. The maximum absolute atomic E-state index is 11.2. The second-order valence-electron chi connectivity index (χ2n) is 5.97. The molecular formula is C17H26N2O3S. The van der Waals surface area contributed by atoms with Crippen molar-refractivity contribution in [2.24, 2.45) is 0 Å². The fourth-order valence-corrected chi connectivity index (χ4v) is 3.64. The number of sulfonamides is 1. The van der Waals surface area contributed by atoms with E-state index >= 15 is 0 Å². The van der Waals surface area contributed by atoms with Crippen LogP contribution in [0.5, 0.6) is 5.75 Å². The van der Waals surface area contributed by atoms with Crippen molar-refractivity contribution < 1.29 is 13.2 Å². The average Bonchev–Trinajstić information content (AvgIpc) is 2.52. The Balaban J connectivity index is 1.70. The molecule has 0 spiro atoms. The van der Waals surface area contributed by atoms with Crippen molar-refractivity contribution in [3.63, 3.8) is 0 Å². The average molecular weight is 338 g/mol. The SMILES string of the molecule is COc1cccc(/C=C/CCN2CCC(NS(C)(=O)=O)CC2)c1. The van der Waals surface area contributed by atoms with Gasteiger partial charge in [-0.2, -0.15) is 0 Å². The number of likely N-dealkylation sites (tertiary alicyclic amines) is 1. The summed E-state index contributed by atoms with van der Waals surface area (Å²) in [7, 11) is -1.42. The quantitative estimate of drug-likeness (QED) is 0.827. The second-order valence-corrected chi connectivity index (χ2v) is 7.75. The van der Waals surface area contributed by atoms with Crippen molar-refractivity contribution in [3.8, 4) is 5.75 Å². The van der Waals surface area contributed by atoms with Crippen LogP contribution in [0, 0.1) is 0 Å². The molecule has 1 aromatic carbocycles. The zero-order valence-electron chi connectivity index (χ0n) is 13.9. The smallest absolute Gasteiger partial charge is 0.208 e. The summed E-state index contributed by atoms with van der Waals surface area (Å²) in [4.78, 5) is 2.39. The van der Waals surface area contributed by atoms with Crippen LogP contribution in [0.3, 0.4) is 0 Å². The molecule has 1 aromatic rings. The van der Waals surface area contributed by atoms with E-state index in [0.29, 0.717) is 0 Å². The molecule has 1 aliphatic rings. The molecule has 0 unspecified atom stereocenters. The molecule has 0 saturated carbocycles. The molecule has 6 heteroatoms. The van der Waals surface area contributed by atoms with Crippen LogP contribution in [0.1, 0.15) is 24.8 Å². The first-order chi connectivity index (χ1) is 11.0. The minimum absolute atomic E-state index is 0.0913. The first-order valence-corrected chi connectivity index (χ1v) is 9.85. The fourth-order valence-electron chi connectivity index (χ4n) is 2.80. The molecule has 1 heterocycles. The molecule has 0 amide bonds. The Morgan fingerprint density at radius 3 is 2.74 bits per heavy atom. The van der Waals surface area contributed by atoms with Crippen LogP contribution in [0.25, 0.3) is 6.08 Å². The Morgan fingerprint density at radius 2 is 2.09 bits per heavy atom. The third kappa shape index (κ3) is 6.72. The number of ether oxygens (including phenoxy) is 1. The van der Waals surface area contributed by atoms with E-state index < -0.39 is 10.0 Å². The first-order valence-electron chi connectivity index (χ1n) is 7.96. The van der Waals surface area contributed by atoms with E-state index in [0.717, 1.165) is 50.2 Å². The normalized spacial score (nSPS) is 17.7. The predicted molar refractivity (Wildman–Crippen MR) is 94.1 cm³/mol. The lowest BCUT2D eigenvalue weighted by Crippen LogP contribution is -2.44. The van der Waals surface area contributed by atoms with Crippen molar-refractivity contribution in [1.29, 1.82) is 0 Å². The van der Waals surface area contributed by atoms with Gasteiger partial charge < -0.3 is 9.64 Å². The summed E-state index contributed by atoms with van der Waals surface area (Å²) in [6, 6.07) is 8.08. The number of nitrogens with zero attached hydrogens (tertiary/aromatic N) is 1. The number of hydrogen-bond donors (Lipinski definition) is 1. The van der Waals surface area contributed by atoms with E-state index in [1.807, 2.05) is 18.2 Å².